The molecule has 1 N–H and O–H groups in total. The molecular formula is C10H10O5. The summed E-state index contributed by atoms with van der Waals surface area (Å²) in [5.74, 6) is -1.35. The summed E-state index contributed by atoms with van der Waals surface area (Å²) in [4.78, 5) is 21.4. The zero-order chi connectivity index (χ0) is 11.3. The van der Waals surface area contributed by atoms with Crippen molar-refractivity contribution in [3.63, 3.8) is 0 Å². The number of hydrogen-bond acceptors (Lipinski definition) is 4. The van der Waals surface area contributed by atoms with Gasteiger partial charge in [-0.2, -0.15) is 0 Å². The molecule has 0 amide bonds. The summed E-state index contributed by atoms with van der Waals surface area (Å²) in [6, 6.07) is 3.31. The Morgan fingerprint density at radius 3 is 2.80 bits per heavy atom. The summed E-state index contributed by atoms with van der Waals surface area (Å²) in [6.07, 6.45) is 1.03. The van der Waals surface area contributed by atoms with Crippen molar-refractivity contribution in [2.75, 3.05) is 0 Å². The van der Waals surface area contributed by atoms with E-state index in [1.807, 2.05) is 0 Å². The number of carboxylic acids is 1. The van der Waals surface area contributed by atoms with Crippen molar-refractivity contribution in [2.45, 2.75) is 13.0 Å². The van der Waals surface area contributed by atoms with Crippen LogP contribution in [0.4, 0.5) is 0 Å². The molecule has 0 aliphatic heterocycles. The number of carboxylic acid groups (broad SMARTS) is 1. The van der Waals surface area contributed by atoms with E-state index >= 15 is 0 Å². The Labute approximate surface area is 86.0 Å². The van der Waals surface area contributed by atoms with Gasteiger partial charge < -0.3 is 14.3 Å². The average molecular weight is 210 g/mol. The summed E-state index contributed by atoms with van der Waals surface area (Å²) < 4.78 is 9.68. The molecule has 0 saturated heterocycles. The first kappa shape index (κ1) is 11.0. The van der Waals surface area contributed by atoms with Gasteiger partial charge in [-0.1, -0.05) is 6.58 Å². The van der Waals surface area contributed by atoms with Gasteiger partial charge >= 0.3 is 11.9 Å². The van der Waals surface area contributed by atoms with Crippen molar-refractivity contribution in [3.8, 4) is 0 Å². The number of carbonyl (C=O) groups is 2. The summed E-state index contributed by atoms with van der Waals surface area (Å²) in [7, 11) is 0. The molecule has 1 aromatic heterocycles. The minimum absolute atomic E-state index is 0.0233. The van der Waals surface area contributed by atoms with Crippen molar-refractivity contribution in [2.24, 2.45) is 0 Å². The Morgan fingerprint density at radius 1 is 1.53 bits per heavy atom. The van der Waals surface area contributed by atoms with E-state index in [0.717, 1.165) is 0 Å². The number of furan rings is 1. The van der Waals surface area contributed by atoms with Crippen LogP contribution >= 0.6 is 0 Å². The minimum atomic E-state index is -1.12. The molecule has 0 bridgehead atoms. The zero-order valence-electron chi connectivity index (χ0n) is 7.93. The van der Waals surface area contributed by atoms with E-state index in [1.165, 1.54) is 6.26 Å². The van der Waals surface area contributed by atoms with Crippen molar-refractivity contribution < 1.29 is 23.8 Å². The van der Waals surface area contributed by atoms with Gasteiger partial charge in [-0.15, -0.1) is 0 Å². The Morgan fingerprint density at radius 2 is 2.27 bits per heavy atom. The Hall–Kier alpha value is -2.04. The van der Waals surface area contributed by atoms with Gasteiger partial charge in [-0.25, -0.2) is 4.79 Å². The van der Waals surface area contributed by atoms with Crippen molar-refractivity contribution >= 4 is 11.9 Å². The first-order chi connectivity index (χ1) is 7.09. The normalized spacial score (nSPS) is 9.60. The molecule has 5 heteroatoms. The van der Waals surface area contributed by atoms with E-state index in [4.69, 9.17) is 14.3 Å². The highest BCUT2D eigenvalue weighted by molar-refractivity contribution is 5.92. The lowest BCUT2D eigenvalue weighted by Gasteiger charge is -2.03. The van der Waals surface area contributed by atoms with Crippen LogP contribution in [-0.2, 0) is 20.9 Å². The predicted molar refractivity (Wildman–Crippen MR) is 49.9 cm³/mol. The van der Waals surface area contributed by atoms with Gasteiger partial charge in [0.15, 0.2) is 0 Å². The predicted octanol–water partition coefficient (Wildman–Crippen LogP) is 1.35. The number of ether oxygens (including phenoxy) is 1. The van der Waals surface area contributed by atoms with Crippen LogP contribution < -0.4 is 0 Å². The summed E-state index contributed by atoms with van der Waals surface area (Å²) in [5.41, 5.74) is -0.0888. The van der Waals surface area contributed by atoms with E-state index in [9.17, 15) is 9.59 Å². The van der Waals surface area contributed by atoms with Crippen molar-refractivity contribution in [3.05, 3.63) is 36.3 Å². The van der Waals surface area contributed by atoms with Crippen LogP contribution in [0, 0.1) is 0 Å². The van der Waals surface area contributed by atoms with E-state index in [2.05, 4.69) is 6.58 Å². The second kappa shape index (κ2) is 4.99. The summed E-state index contributed by atoms with van der Waals surface area (Å²) in [6.45, 7) is 3.29. The van der Waals surface area contributed by atoms with Gasteiger partial charge in [-0.3, -0.25) is 4.79 Å². The third-order valence-electron chi connectivity index (χ3n) is 1.58. The summed E-state index contributed by atoms with van der Waals surface area (Å²) in [5, 5.41) is 8.40. The molecule has 0 radical (unpaired) electrons. The molecule has 0 aliphatic rings. The van der Waals surface area contributed by atoms with Crippen molar-refractivity contribution in [1.29, 1.82) is 0 Å². The van der Waals surface area contributed by atoms with Gasteiger partial charge in [0, 0.05) is 5.57 Å². The maximum Gasteiger partial charge on any atom is 0.334 e. The number of aliphatic carboxylic acids is 1. The maximum absolute atomic E-state index is 11.1. The molecule has 0 atom stereocenters. The topological polar surface area (TPSA) is 76.7 Å². The Bertz CT molecular complexity index is 363. The van der Waals surface area contributed by atoms with E-state index < -0.39 is 18.4 Å². The van der Waals surface area contributed by atoms with E-state index in [-0.39, 0.29) is 12.2 Å². The highest BCUT2D eigenvalue weighted by atomic mass is 16.5. The third kappa shape index (κ3) is 3.68. The van der Waals surface area contributed by atoms with Crippen molar-refractivity contribution in [1.82, 2.24) is 0 Å². The molecule has 5 nitrogen and oxygen atoms in total. The number of esters is 1. The zero-order valence-corrected chi connectivity index (χ0v) is 7.93. The largest absolute Gasteiger partial charge is 0.481 e. The molecule has 1 aromatic rings. The van der Waals surface area contributed by atoms with Crippen LogP contribution in [0.25, 0.3) is 0 Å². The fraction of sp³-hybridized carbons (Fsp3) is 0.200. The second-order valence-corrected chi connectivity index (χ2v) is 2.83. The molecule has 80 valence electrons. The van der Waals surface area contributed by atoms with Crippen LogP contribution in [0.15, 0.2) is 35.0 Å². The number of carbonyl (C=O) groups excluding carboxylic acids is 1. The summed E-state index contributed by atoms with van der Waals surface area (Å²) >= 11 is 0. The minimum Gasteiger partial charge on any atom is -0.481 e. The van der Waals surface area contributed by atoms with Crippen LogP contribution in [-0.4, -0.2) is 17.0 Å². The van der Waals surface area contributed by atoms with E-state index in [1.54, 1.807) is 12.1 Å². The molecule has 0 unspecified atom stereocenters. The van der Waals surface area contributed by atoms with Gasteiger partial charge in [0.05, 0.1) is 12.7 Å². The van der Waals surface area contributed by atoms with E-state index in [0.29, 0.717) is 5.76 Å². The monoisotopic (exact) mass is 210 g/mol. The standard InChI is InChI=1S/C10H10O5/c1-7(5-9(11)12)10(13)15-6-8-3-2-4-14-8/h2-4H,1,5-6H2,(H,11,12). The molecule has 0 saturated carbocycles. The Balaban J connectivity index is 2.36. The van der Waals surface area contributed by atoms with Gasteiger partial charge in [-0.05, 0) is 12.1 Å². The van der Waals surface area contributed by atoms with Gasteiger partial charge in [0.2, 0.25) is 0 Å². The van der Waals surface area contributed by atoms with Crippen LogP contribution in [0.3, 0.4) is 0 Å². The SMILES string of the molecule is C=C(CC(=O)O)C(=O)OCc1ccco1. The highest BCUT2D eigenvalue weighted by Gasteiger charge is 2.12. The first-order valence-corrected chi connectivity index (χ1v) is 4.18. The fourth-order valence-electron chi connectivity index (χ4n) is 0.888. The molecular weight excluding hydrogens is 200 g/mol. The molecule has 0 fully saturated rings. The third-order valence-corrected chi connectivity index (χ3v) is 1.58. The number of hydrogen-bond donors (Lipinski definition) is 1. The fourth-order valence-corrected chi connectivity index (χ4v) is 0.888. The molecule has 15 heavy (non-hydrogen) atoms. The Kier molecular flexibility index (Phi) is 3.68. The molecule has 0 spiro atoms. The quantitative estimate of drug-likeness (QED) is 0.586. The lowest BCUT2D eigenvalue weighted by molar-refractivity contribution is -0.144. The van der Waals surface area contributed by atoms with Gasteiger partial charge in [0.1, 0.15) is 12.4 Å². The molecule has 1 heterocycles. The van der Waals surface area contributed by atoms with Gasteiger partial charge in [0.25, 0.3) is 0 Å². The average Bonchev–Trinajstić information content (AvgIpc) is 2.65. The lowest BCUT2D eigenvalue weighted by Crippen LogP contribution is -2.10. The first-order valence-electron chi connectivity index (χ1n) is 4.18. The second-order valence-electron chi connectivity index (χ2n) is 2.83. The smallest absolute Gasteiger partial charge is 0.334 e. The van der Waals surface area contributed by atoms with Crippen LogP contribution in [0.5, 0.6) is 0 Å². The van der Waals surface area contributed by atoms with Crippen LogP contribution in [0.2, 0.25) is 0 Å². The molecule has 0 aromatic carbocycles. The maximum atomic E-state index is 11.1. The molecule has 0 aliphatic carbocycles. The van der Waals surface area contributed by atoms with Crippen LogP contribution in [0.1, 0.15) is 12.2 Å². The molecule has 1 rings (SSSR count). The lowest BCUT2D eigenvalue weighted by atomic mass is 10.2. The highest BCUT2D eigenvalue weighted by Crippen LogP contribution is 2.06. The number of rotatable bonds is 5.